The van der Waals surface area contributed by atoms with Crippen molar-refractivity contribution in [1.29, 1.82) is 0 Å². The van der Waals surface area contributed by atoms with E-state index in [-0.39, 0.29) is 29.0 Å². The van der Waals surface area contributed by atoms with Crippen molar-refractivity contribution in [1.82, 2.24) is 0 Å². The Morgan fingerprint density at radius 3 is 2.59 bits per heavy atom. The first-order valence-electron chi connectivity index (χ1n) is 6.16. The second kappa shape index (κ2) is 3.97. The molecule has 2 rings (SSSR count). The lowest BCUT2D eigenvalue weighted by atomic mass is 9.72. The maximum atomic E-state index is 11.9. The molecule has 0 aromatic heterocycles. The van der Waals surface area contributed by atoms with Crippen LogP contribution in [0.1, 0.15) is 40.0 Å². The molecule has 2 aliphatic carbocycles. The lowest BCUT2D eigenvalue weighted by Gasteiger charge is -2.31. The quantitative estimate of drug-likeness (QED) is 0.692. The van der Waals surface area contributed by atoms with Crippen molar-refractivity contribution in [3.05, 3.63) is 11.1 Å². The number of ketones is 1. The van der Waals surface area contributed by atoms with E-state index in [2.05, 4.69) is 13.8 Å². The summed E-state index contributed by atoms with van der Waals surface area (Å²) in [5.74, 6) is 0.357. The van der Waals surface area contributed by atoms with Crippen molar-refractivity contribution < 1.29 is 14.3 Å². The normalized spacial score (nSPS) is 31.4. The minimum absolute atomic E-state index is 0.00773. The van der Waals surface area contributed by atoms with Crippen molar-refractivity contribution in [2.24, 2.45) is 17.3 Å². The van der Waals surface area contributed by atoms with Crippen LogP contribution in [0.5, 0.6) is 0 Å². The highest BCUT2D eigenvalue weighted by molar-refractivity contribution is 5.97. The third-order valence-electron chi connectivity index (χ3n) is 3.95. The monoisotopic (exact) mass is 236 g/mol. The number of carbonyl (C=O) groups is 2. The Bertz CT molecular complexity index is 404. The van der Waals surface area contributed by atoms with Gasteiger partial charge in [-0.25, -0.2) is 0 Å². The molecule has 3 heteroatoms. The maximum Gasteiger partial charge on any atom is 0.309 e. The molecule has 0 saturated heterocycles. The predicted octanol–water partition coefficient (Wildman–Crippen LogP) is 2.50. The van der Waals surface area contributed by atoms with Crippen LogP contribution in [0.3, 0.4) is 0 Å². The van der Waals surface area contributed by atoms with Gasteiger partial charge in [-0.2, -0.15) is 0 Å². The van der Waals surface area contributed by atoms with Crippen LogP contribution < -0.4 is 0 Å². The van der Waals surface area contributed by atoms with Crippen molar-refractivity contribution in [2.75, 3.05) is 7.11 Å². The fourth-order valence-electron chi connectivity index (χ4n) is 2.86. The van der Waals surface area contributed by atoms with E-state index in [0.717, 1.165) is 18.4 Å². The van der Waals surface area contributed by atoms with Gasteiger partial charge in [-0.15, -0.1) is 0 Å². The SMILES string of the molecule is COC(=O)[C@@H]1C[C@H]1C1=C(C)C(=O)CC(C)(C)C1. The molecule has 0 N–H and O–H groups in total. The number of hydrogen-bond acceptors (Lipinski definition) is 3. The fourth-order valence-corrected chi connectivity index (χ4v) is 2.86. The van der Waals surface area contributed by atoms with Gasteiger partial charge in [-0.1, -0.05) is 19.4 Å². The van der Waals surface area contributed by atoms with Crippen LogP contribution in [0.15, 0.2) is 11.1 Å². The van der Waals surface area contributed by atoms with Gasteiger partial charge in [0.1, 0.15) is 0 Å². The second-order valence-corrected chi connectivity index (χ2v) is 6.06. The zero-order valence-corrected chi connectivity index (χ0v) is 11.0. The molecule has 0 unspecified atom stereocenters. The van der Waals surface area contributed by atoms with Crippen LogP contribution in [0, 0.1) is 17.3 Å². The fraction of sp³-hybridized carbons (Fsp3) is 0.714. The molecule has 3 nitrogen and oxygen atoms in total. The van der Waals surface area contributed by atoms with Gasteiger partial charge in [0.25, 0.3) is 0 Å². The first kappa shape index (κ1) is 12.3. The molecule has 94 valence electrons. The van der Waals surface area contributed by atoms with Crippen LogP contribution >= 0.6 is 0 Å². The highest BCUT2D eigenvalue weighted by Crippen LogP contribution is 2.51. The number of hydrogen-bond donors (Lipinski definition) is 0. The number of methoxy groups -OCH3 is 1. The highest BCUT2D eigenvalue weighted by Gasteiger charge is 2.49. The molecular formula is C14H20O3. The van der Waals surface area contributed by atoms with E-state index in [1.807, 2.05) is 6.92 Å². The number of Topliss-reactive ketones (excluding diaryl/α,β-unsaturated/α-hetero) is 1. The minimum Gasteiger partial charge on any atom is -0.469 e. The molecule has 0 heterocycles. The largest absolute Gasteiger partial charge is 0.469 e. The van der Waals surface area contributed by atoms with Crippen LogP contribution in [-0.2, 0) is 14.3 Å². The second-order valence-electron chi connectivity index (χ2n) is 6.06. The van der Waals surface area contributed by atoms with Crippen molar-refractivity contribution in [2.45, 2.75) is 40.0 Å². The third kappa shape index (κ3) is 2.28. The van der Waals surface area contributed by atoms with Gasteiger partial charge in [0.2, 0.25) is 0 Å². The van der Waals surface area contributed by atoms with E-state index >= 15 is 0 Å². The lowest BCUT2D eigenvalue weighted by Crippen LogP contribution is -2.26. The standard InChI is InChI=1S/C14H20O3/c1-8-11(6-14(2,3)7-12(8)15)9-5-10(9)13(16)17-4/h9-10H,5-7H2,1-4H3/t9-,10-/m1/s1. The topological polar surface area (TPSA) is 43.4 Å². The zero-order chi connectivity index (χ0) is 12.8. The van der Waals surface area contributed by atoms with Crippen molar-refractivity contribution in [3.63, 3.8) is 0 Å². The summed E-state index contributed by atoms with van der Waals surface area (Å²) >= 11 is 0. The molecule has 0 spiro atoms. The first-order chi connectivity index (χ1) is 7.85. The molecule has 0 amide bonds. The van der Waals surface area contributed by atoms with E-state index in [4.69, 9.17) is 4.74 Å². The first-order valence-corrected chi connectivity index (χ1v) is 6.16. The molecule has 2 aliphatic rings. The number of allylic oxidation sites excluding steroid dienone is 2. The van der Waals surface area contributed by atoms with Gasteiger partial charge >= 0.3 is 5.97 Å². The minimum atomic E-state index is -0.133. The summed E-state index contributed by atoms with van der Waals surface area (Å²) < 4.78 is 4.76. The van der Waals surface area contributed by atoms with Gasteiger partial charge in [0.15, 0.2) is 5.78 Å². The summed E-state index contributed by atoms with van der Waals surface area (Å²) in [5.41, 5.74) is 2.12. The molecule has 0 bridgehead atoms. The summed E-state index contributed by atoms with van der Waals surface area (Å²) in [6.45, 7) is 6.14. The zero-order valence-electron chi connectivity index (χ0n) is 11.0. The van der Waals surface area contributed by atoms with E-state index < -0.39 is 0 Å². The smallest absolute Gasteiger partial charge is 0.309 e. The molecule has 17 heavy (non-hydrogen) atoms. The summed E-state index contributed by atoms with van der Waals surface area (Å²) in [5, 5.41) is 0. The summed E-state index contributed by atoms with van der Waals surface area (Å²) in [6, 6.07) is 0. The molecule has 1 saturated carbocycles. The Hall–Kier alpha value is -1.12. The maximum absolute atomic E-state index is 11.9. The number of rotatable bonds is 2. The van der Waals surface area contributed by atoms with Gasteiger partial charge in [-0.3, -0.25) is 9.59 Å². The van der Waals surface area contributed by atoms with Crippen LogP contribution in [0.25, 0.3) is 0 Å². The molecule has 0 radical (unpaired) electrons. The summed E-state index contributed by atoms with van der Waals surface area (Å²) in [6.07, 6.45) is 2.41. The van der Waals surface area contributed by atoms with Gasteiger partial charge in [0, 0.05) is 6.42 Å². The van der Waals surface area contributed by atoms with E-state index in [1.54, 1.807) is 0 Å². The van der Waals surface area contributed by atoms with E-state index in [9.17, 15) is 9.59 Å². The molecule has 0 aromatic carbocycles. The summed E-state index contributed by atoms with van der Waals surface area (Å²) in [7, 11) is 1.43. The van der Waals surface area contributed by atoms with Crippen molar-refractivity contribution in [3.8, 4) is 0 Å². The van der Waals surface area contributed by atoms with Crippen LogP contribution in [0.2, 0.25) is 0 Å². The predicted molar refractivity (Wildman–Crippen MR) is 64.3 cm³/mol. The Kier molecular flexibility index (Phi) is 2.88. The van der Waals surface area contributed by atoms with Crippen LogP contribution in [0.4, 0.5) is 0 Å². The lowest BCUT2D eigenvalue weighted by molar-refractivity contribution is -0.142. The molecule has 0 aliphatic heterocycles. The Morgan fingerprint density at radius 1 is 1.35 bits per heavy atom. The van der Waals surface area contributed by atoms with Gasteiger partial charge in [-0.05, 0) is 36.7 Å². The summed E-state index contributed by atoms with van der Waals surface area (Å²) in [4.78, 5) is 23.4. The van der Waals surface area contributed by atoms with E-state index in [0.29, 0.717) is 6.42 Å². The molecule has 0 aromatic rings. The highest BCUT2D eigenvalue weighted by atomic mass is 16.5. The van der Waals surface area contributed by atoms with Crippen LogP contribution in [-0.4, -0.2) is 18.9 Å². The molecule has 1 fully saturated rings. The number of ether oxygens (including phenoxy) is 1. The Balaban J connectivity index is 2.19. The third-order valence-corrected chi connectivity index (χ3v) is 3.95. The molecular weight excluding hydrogens is 216 g/mol. The van der Waals surface area contributed by atoms with E-state index in [1.165, 1.54) is 12.7 Å². The Morgan fingerprint density at radius 2 is 2.00 bits per heavy atom. The number of esters is 1. The average molecular weight is 236 g/mol. The average Bonchev–Trinajstić information content (AvgIpc) is 3.01. The molecule has 2 atom stereocenters. The van der Waals surface area contributed by atoms with Gasteiger partial charge in [0.05, 0.1) is 13.0 Å². The number of carbonyl (C=O) groups excluding carboxylic acids is 2. The Labute approximate surface area is 102 Å². The van der Waals surface area contributed by atoms with Crippen molar-refractivity contribution >= 4 is 11.8 Å². The van der Waals surface area contributed by atoms with Gasteiger partial charge < -0.3 is 4.74 Å².